The van der Waals surface area contributed by atoms with E-state index in [0.29, 0.717) is 17.8 Å². The standard InChI is InChI=1S/C15H20ClN3O3/c1-18(5-6-19-7-9-22-10-8-19)15(21)17-13-4-2-3-12(11-13)14(16)20/h2-4,11H,5-10H2,1H3,(H,17,21). The third-order valence-electron chi connectivity index (χ3n) is 3.54. The third kappa shape index (κ3) is 4.98. The lowest BCUT2D eigenvalue weighted by atomic mass is 10.2. The Hall–Kier alpha value is -1.63. The summed E-state index contributed by atoms with van der Waals surface area (Å²) in [5.41, 5.74) is 0.908. The number of hydrogen-bond acceptors (Lipinski definition) is 4. The molecule has 6 nitrogen and oxygen atoms in total. The zero-order valence-corrected chi connectivity index (χ0v) is 13.3. The summed E-state index contributed by atoms with van der Waals surface area (Å²) >= 11 is 5.43. The number of nitrogens with one attached hydrogen (secondary N) is 1. The summed E-state index contributed by atoms with van der Waals surface area (Å²) < 4.78 is 5.29. The molecule has 22 heavy (non-hydrogen) atoms. The van der Waals surface area contributed by atoms with E-state index in [-0.39, 0.29) is 6.03 Å². The van der Waals surface area contributed by atoms with E-state index in [2.05, 4.69) is 10.2 Å². The van der Waals surface area contributed by atoms with Crippen molar-refractivity contribution in [2.24, 2.45) is 0 Å². The van der Waals surface area contributed by atoms with Crippen LogP contribution in [0.25, 0.3) is 0 Å². The Labute approximate surface area is 135 Å². The summed E-state index contributed by atoms with van der Waals surface area (Å²) in [5, 5.41) is 2.21. The van der Waals surface area contributed by atoms with Crippen molar-refractivity contribution in [2.75, 3.05) is 51.8 Å². The van der Waals surface area contributed by atoms with Gasteiger partial charge in [-0.1, -0.05) is 6.07 Å². The molecule has 0 aliphatic carbocycles. The van der Waals surface area contributed by atoms with Crippen LogP contribution >= 0.6 is 11.6 Å². The molecule has 0 bridgehead atoms. The van der Waals surface area contributed by atoms with Gasteiger partial charge >= 0.3 is 6.03 Å². The number of anilines is 1. The van der Waals surface area contributed by atoms with E-state index < -0.39 is 5.24 Å². The van der Waals surface area contributed by atoms with E-state index >= 15 is 0 Å². The van der Waals surface area contributed by atoms with E-state index in [0.717, 1.165) is 32.8 Å². The van der Waals surface area contributed by atoms with Crippen molar-refractivity contribution in [3.8, 4) is 0 Å². The zero-order valence-electron chi connectivity index (χ0n) is 12.5. The molecule has 0 radical (unpaired) electrons. The lowest BCUT2D eigenvalue weighted by molar-refractivity contribution is 0.0359. The average Bonchev–Trinajstić information content (AvgIpc) is 2.53. The van der Waals surface area contributed by atoms with E-state index in [4.69, 9.17) is 16.3 Å². The van der Waals surface area contributed by atoms with Crippen molar-refractivity contribution < 1.29 is 14.3 Å². The molecular formula is C15H20ClN3O3. The highest BCUT2D eigenvalue weighted by molar-refractivity contribution is 6.67. The van der Waals surface area contributed by atoms with Gasteiger partial charge < -0.3 is 15.0 Å². The number of benzene rings is 1. The Morgan fingerprint density at radius 2 is 2.09 bits per heavy atom. The molecule has 1 aliphatic rings. The molecule has 0 saturated carbocycles. The van der Waals surface area contributed by atoms with Crippen LogP contribution in [0, 0.1) is 0 Å². The lowest BCUT2D eigenvalue weighted by Crippen LogP contribution is -2.42. The number of amides is 2. The van der Waals surface area contributed by atoms with Gasteiger partial charge in [0.2, 0.25) is 0 Å². The smallest absolute Gasteiger partial charge is 0.321 e. The Balaban J connectivity index is 1.82. The van der Waals surface area contributed by atoms with E-state index in [1.165, 1.54) is 0 Å². The Bertz CT molecular complexity index is 533. The van der Waals surface area contributed by atoms with Gasteiger partial charge in [-0.2, -0.15) is 0 Å². The molecule has 1 fully saturated rings. The van der Waals surface area contributed by atoms with Crippen molar-refractivity contribution in [3.63, 3.8) is 0 Å². The first kappa shape index (κ1) is 16.7. The van der Waals surface area contributed by atoms with Crippen molar-refractivity contribution in [1.29, 1.82) is 0 Å². The molecule has 1 saturated heterocycles. The van der Waals surface area contributed by atoms with Gasteiger partial charge in [-0.3, -0.25) is 9.69 Å². The van der Waals surface area contributed by atoms with Crippen LogP contribution in [0.2, 0.25) is 0 Å². The van der Waals surface area contributed by atoms with Gasteiger partial charge in [-0.15, -0.1) is 0 Å². The van der Waals surface area contributed by atoms with Gasteiger partial charge in [-0.05, 0) is 29.8 Å². The predicted octanol–water partition coefficient (Wildman–Crippen LogP) is 1.86. The number of morpholine rings is 1. The van der Waals surface area contributed by atoms with Crippen LogP contribution in [0.1, 0.15) is 10.4 Å². The summed E-state index contributed by atoms with van der Waals surface area (Å²) in [4.78, 5) is 27.1. The first-order chi connectivity index (χ1) is 10.6. The molecule has 2 rings (SSSR count). The van der Waals surface area contributed by atoms with Crippen LogP contribution in [0.3, 0.4) is 0 Å². The van der Waals surface area contributed by atoms with E-state index in [1.54, 1.807) is 36.2 Å². The molecule has 1 aromatic carbocycles. The average molecular weight is 326 g/mol. The molecule has 0 atom stereocenters. The number of halogens is 1. The van der Waals surface area contributed by atoms with Gasteiger partial charge in [0, 0.05) is 44.5 Å². The molecule has 1 N–H and O–H groups in total. The van der Waals surface area contributed by atoms with Crippen LogP contribution in [0.15, 0.2) is 24.3 Å². The summed E-state index contributed by atoms with van der Waals surface area (Å²) in [7, 11) is 1.74. The second kappa shape index (κ2) is 8.12. The van der Waals surface area contributed by atoms with Crippen LogP contribution < -0.4 is 5.32 Å². The SMILES string of the molecule is CN(CCN1CCOCC1)C(=O)Nc1cccc(C(=O)Cl)c1. The van der Waals surface area contributed by atoms with Crippen molar-refractivity contribution in [2.45, 2.75) is 0 Å². The summed E-state index contributed by atoms with van der Waals surface area (Å²) in [6.45, 7) is 4.72. The van der Waals surface area contributed by atoms with Gasteiger partial charge in [0.1, 0.15) is 0 Å². The highest BCUT2D eigenvalue weighted by Gasteiger charge is 2.14. The predicted molar refractivity (Wildman–Crippen MR) is 85.5 cm³/mol. The number of carbonyl (C=O) groups excluding carboxylic acids is 2. The summed E-state index contributed by atoms with van der Waals surface area (Å²) in [5.74, 6) is 0. The van der Waals surface area contributed by atoms with Crippen LogP contribution in [-0.4, -0.2) is 67.5 Å². The fourth-order valence-electron chi connectivity index (χ4n) is 2.16. The van der Waals surface area contributed by atoms with Gasteiger partial charge in [0.15, 0.2) is 0 Å². The van der Waals surface area contributed by atoms with E-state index in [9.17, 15) is 9.59 Å². The normalized spacial score (nSPS) is 15.4. The third-order valence-corrected chi connectivity index (χ3v) is 3.76. The molecular weight excluding hydrogens is 306 g/mol. The minimum Gasteiger partial charge on any atom is -0.379 e. The van der Waals surface area contributed by atoms with Crippen LogP contribution in [-0.2, 0) is 4.74 Å². The van der Waals surface area contributed by atoms with Crippen molar-refractivity contribution >= 4 is 28.6 Å². The first-order valence-corrected chi connectivity index (χ1v) is 7.56. The molecule has 0 unspecified atom stereocenters. The van der Waals surface area contributed by atoms with Crippen molar-refractivity contribution in [1.82, 2.24) is 9.80 Å². The second-order valence-corrected chi connectivity index (χ2v) is 5.50. The van der Waals surface area contributed by atoms with Gasteiger partial charge in [-0.25, -0.2) is 4.79 Å². The molecule has 0 aromatic heterocycles. The maximum absolute atomic E-state index is 12.1. The van der Waals surface area contributed by atoms with Gasteiger partial charge in [0.25, 0.3) is 5.24 Å². The number of nitrogens with zero attached hydrogens (tertiary/aromatic N) is 2. The number of rotatable bonds is 5. The number of ether oxygens (including phenoxy) is 1. The Morgan fingerprint density at radius 1 is 1.36 bits per heavy atom. The minimum absolute atomic E-state index is 0.215. The topological polar surface area (TPSA) is 61.9 Å². The zero-order chi connectivity index (χ0) is 15.9. The lowest BCUT2D eigenvalue weighted by Gasteiger charge is -2.28. The molecule has 1 aromatic rings. The maximum Gasteiger partial charge on any atom is 0.321 e. The molecule has 7 heteroatoms. The fourth-order valence-corrected chi connectivity index (χ4v) is 2.27. The maximum atomic E-state index is 12.1. The van der Waals surface area contributed by atoms with Crippen LogP contribution in [0.4, 0.5) is 10.5 Å². The summed E-state index contributed by atoms with van der Waals surface area (Å²) in [6, 6.07) is 6.35. The Morgan fingerprint density at radius 3 is 2.77 bits per heavy atom. The van der Waals surface area contributed by atoms with E-state index in [1.807, 2.05) is 0 Å². The quantitative estimate of drug-likeness (QED) is 0.839. The minimum atomic E-state index is -0.545. The highest BCUT2D eigenvalue weighted by atomic mass is 35.5. The second-order valence-electron chi connectivity index (χ2n) is 5.16. The molecule has 1 aliphatic heterocycles. The number of likely N-dealkylation sites (N-methyl/N-ethyl adjacent to an activating group) is 1. The largest absolute Gasteiger partial charge is 0.379 e. The Kier molecular flexibility index (Phi) is 6.18. The van der Waals surface area contributed by atoms with Gasteiger partial charge in [0.05, 0.1) is 13.2 Å². The fraction of sp³-hybridized carbons (Fsp3) is 0.467. The molecule has 120 valence electrons. The molecule has 0 spiro atoms. The number of hydrogen-bond donors (Lipinski definition) is 1. The molecule has 1 heterocycles. The van der Waals surface area contributed by atoms with Crippen LogP contribution in [0.5, 0.6) is 0 Å². The number of carbonyl (C=O) groups is 2. The summed E-state index contributed by atoms with van der Waals surface area (Å²) in [6.07, 6.45) is 0. The monoisotopic (exact) mass is 325 g/mol. The number of urea groups is 1. The highest BCUT2D eigenvalue weighted by Crippen LogP contribution is 2.13. The van der Waals surface area contributed by atoms with Crippen molar-refractivity contribution in [3.05, 3.63) is 29.8 Å². The molecule has 2 amide bonds. The first-order valence-electron chi connectivity index (χ1n) is 7.18.